The lowest BCUT2D eigenvalue weighted by Crippen LogP contribution is -2.43. The first-order valence-electron chi connectivity index (χ1n) is 11.6. The zero-order chi connectivity index (χ0) is 21.1. The Morgan fingerprint density at radius 2 is 2.00 bits per heavy atom. The van der Waals surface area contributed by atoms with Crippen molar-refractivity contribution in [2.45, 2.75) is 52.5 Å². The minimum absolute atomic E-state index is 0. The highest BCUT2D eigenvalue weighted by Crippen LogP contribution is 2.40. The van der Waals surface area contributed by atoms with Crippen LogP contribution in [0, 0.1) is 5.41 Å². The van der Waals surface area contributed by atoms with Crippen molar-refractivity contribution in [2.24, 2.45) is 10.4 Å². The summed E-state index contributed by atoms with van der Waals surface area (Å²) in [7, 11) is 0. The molecule has 0 spiro atoms. The average molecular weight is 546 g/mol. The SMILES string of the molecule is CCNC(=NCc1cccnc1N1CCOCC1)NCC1(CCOCC)CCCC1.I. The molecule has 2 aliphatic rings. The molecule has 1 aromatic rings. The number of ether oxygens (including phenoxy) is 2. The van der Waals surface area contributed by atoms with Gasteiger partial charge in [-0.2, -0.15) is 0 Å². The van der Waals surface area contributed by atoms with Gasteiger partial charge in [0.15, 0.2) is 5.96 Å². The minimum atomic E-state index is 0. The van der Waals surface area contributed by atoms with Gasteiger partial charge in [0.05, 0.1) is 19.8 Å². The molecule has 0 amide bonds. The first kappa shape index (κ1) is 26.1. The number of halogens is 1. The molecule has 8 heteroatoms. The summed E-state index contributed by atoms with van der Waals surface area (Å²) in [5.74, 6) is 1.92. The van der Waals surface area contributed by atoms with Crippen LogP contribution in [0.25, 0.3) is 0 Å². The van der Waals surface area contributed by atoms with Crippen molar-refractivity contribution < 1.29 is 9.47 Å². The van der Waals surface area contributed by atoms with E-state index >= 15 is 0 Å². The smallest absolute Gasteiger partial charge is 0.191 e. The summed E-state index contributed by atoms with van der Waals surface area (Å²) in [6.07, 6.45) is 8.17. The Bertz CT molecular complexity index is 661. The molecule has 31 heavy (non-hydrogen) atoms. The lowest BCUT2D eigenvalue weighted by atomic mass is 9.83. The van der Waals surface area contributed by atoms with Gasteiger partial charge < -0.3 is 25.0 Å². The molecule has 2 heterocycles. The summed E-state index contributed by atoms with van der Waals surface area (Å²) in [6, 6.07) is 4.13. The van der Waals surface area contributed by atoms with E-state index in [9.17, 15) is 0 Å². The summed E-state index contributed by atoms with van der Waals surface area (Å²) in [4.78, 5) is 11.8. The van der Waals surface area contributed by atoms with Gasteiger partial charge in [-0.15, -0.1) is 24.0 Å². The van der Waals surface area contributed by atoms with Crippen molar-refractivity contribution in [3.63, 3.8) is 0 Å². The van der Waals surface area contributed by atoms with Crippen LogP contribution in [0.1, 0.15) is 51.5 Å². The van der Waals surface area contributed by atoms with Gasteiger partial charge in [-0.3, -0.25) is 0 Å². The van der Waals surface area contributed by atoms with Gasteiger partial charge in [0.1, 0.15) is 5.82 Å². The Hall–Kier alpha value is -1.13. The van der Waals surface area contributed by atoms with Gasteiger partial charge in [-0.1, -0.05) is 18.9 Å². The van der Waals surface area contributed by atoms with Crippen LogP contribution >= 0.6 is 24.0 Å². The second-order valence-electron chi connectivity index (χ2n) is 8.29. The van der Waals surface area contributed by atoms with E-state index in [1.165, 1.54) is 25.7 Å². The predicted octanol–water partition coefficient (Wildman–Crippen LogP) is 3.58. The standard InChI is InChI=1S/C23H39N5O2.HI/c1-3-24-22(27-19-23(9-5-6-10-23)11-15-29-4-2)26-18-20-8-7-12-25-21(20)28-13-16-30-17-14-28;/h7-8,12H,3-6,9-11,13-19H2,1-2H3,(H2,24,26,27);1H. The fourth-order valence-corrected chi connectivity index (χ4v) is 4.46. The Kier molecular flexibility index (Phi) is 11.9. The highest BCUT2D eigenvalue weighted by atomic mass is 127. The molecule has 2 fully saturated rings. The Morgan fingerprint density at radius 1 is 1.23 bits per heavy atom. The van der Waals surface area contributed by atoms with Gasteiger partial charge in [0.2, 0.25) is 0 Å². The number of morpholine rings is 1. The molecule has 2 N–H and O–H groups in total. The minimum Gasteiger partial charge on any atom is -0.382 e. The lowest BCUT2D eigenvalue weighted by molar-refractivity contribution is 0.105. The number of rotatable bonds is 10. The van der Waals surface area contributed by atoms with Crippen LogP contribution in [0.5, 0.6) is 0 Å². The third kappa shape index (κ3) is 8.05. The molecule has 0 aromatic carbocycles. The average Bonchev–Trinajstić information content (AvgIpc) is 3.26. The molecule has 1 saturated heterocycles. The van der Waals surface area contributed by atoms with Gasteiger partial charge in [0, 0.05) is 51.2 Å². The second-order valence-corrected chi connectivity index (χ2v) is 8.29. The highest BCUT2D eigenvalue weighted by Gasteiger charge is 2.33. The van der Waals surface area contributed by atoms with Gasteiger partial charge in [-0.25, -0.2) is 9.98 Å². The summed E-state index contributed by atoms with van der Waals surface area (Å²) < 4.78 is 11.1. The third-order valence-corrected chi connectivity index (χ3v) is 6.21. The molecule has 0 unspecified atom stereocenters. The molecule has 0 radical (unpaired) electrons. The van der Waals surface area contributed by atoms with Crippen LogP contribution < -0.4 is 15.5 Å². The van der Waals surface area contributed by atoms with Crippen molar-refractivity contribution >= 4 is 35.8 Å². The lowest BCUT2D eigenvalue weighted by Gasteiger charge is -2.30. The molecule has 1 saturated carbocycles. The van der Waals surface area contributed by atoms with Crippen LogP contribution in [-0.4, -0.2) is 63.6 Å². The number of aliphatic imine (C=N–C) groups is 1. The normalized spacial score (nSPS) is 18.5. The number of nitrogens with one attached hydrogen (secondary N) is 2. The van der Waals surface area contributed by atoms with Crippen molar-refractivity contribution in [3.05, 3.63) is 23.9 Å². The molecule has 0 atom stereocenters. The molecule has 1 aromatic heterocycles. The molecule has 176 valence electrons. The van der Waals surface area contributed by atoms with Gasteiger partial charge in [0.25, 0.3) is 0 Å². The van der Waals surface area contributed by atoms with Crippen LogP contribution in [0.3, 0.4) is 0 Å². The summed E-state index contributed by atoms with van der Waals surface area (Å²) in [5, 5.41) is 7.04. The summed E-state index contributed by atoms with van der Waals surface area (Å²) in [5.41, 5.74) is 1.49. The van der Waals surface area contributed by atoms with Crippen LogP contribution in [0.2, 0.25) is 0 Å². The highest BCUT2D eigenvalue weighted by molar-refractivity contribution is 14.0. The van der Waals surface area contributed by atoms with Gasteiger partial charge in [-0.05, 0) is 44.6 Å². The van der Waals surface area contributed by atoms with Crippen LogP contribution in [0.4, 0.5) is 5.82 Å². The fourth-order valence-electron chi connectivity index (χ4n) is 4.46. The van der Waals surface area contributed by atoms with E-state index in [0.29, 0.717) is 12.0 Å². The first-order chi connectivity index (χ1) is 14.8. The number of hydrogen-bond donors (Lipinski definition) is 2. The van der Waals surface area contributed by atoms with Crippen molar-refractivity contribution in [1.29, 1.82) is 0 Å². The molecule has 7 nitrogen and oxygen atoms in total. The summed E-state index contributed by atoms with van der Waals surface area (Å²) in [6.45, 7) is 11.5. The van der Waals surface area contributed by atoms with E-state index < -0.39 is 0 Å². The zero-order valence-electron chi connectivity index (χ0n) is 19.2. The number of nitrogens with zero attached hydrogens (tertiary/aromatic N) is 3. The van der Waals surface area contributed by atoms with Crippen molar-refractivity contribution in [3.8, 4) is 0 Å². The number of anilines is 1. The van der Waals surface area contributed by atoms with E-state index in [4.69, 9.17) is 14.5 Å². The molecule has 1 aliphatic carbocycles. The fraction of sp³-hybridized carbons (Fsp3) is 0.739. The molecule has 0 bridgehead atoms. The largest absolute Gasteiger partial charge is 0.382 e. The molecular formula is C23H40IN5O2. The molecular weight excluding hydrogens is 505 g/mol. The molecule has 1 aliphatic heterocycles. The van der Waals surface area contributed by atoms with Crippen LogP contribution in [0.15, 0.2) is 23.3 Å². The van der Waals surface area contributed by atoms with Crippen LogP contribution in [-0.2, 0) is 16.0 Å². The zero-order valence-corrected chi connectivity index (χ0v) is 21.5. The first-order valence-corrected chi connectivity index (χ1v) is 11.6. The Labute approximate surface area is 204 Å². The van der Waals surface area contributed by atoms with Crippen molar-refractivity contribution in [1.82, 2.24) is 15.6 Å². The monoisotopic (exact) mass is 545 g/mol. The Morgan fingerprint density at radius 3 is 2.71 bits per heavy atom. The van der Waals surface area contributed by atoms with E-state index in [1.807, 2.05) is 12.3 Å². The number of guanidine groups is 1. The summed E-state index contributed by atoms with van der Waals surface area (Å²) >= 11 is 0. The van der Waals surface area contributed by atoms with E-state index in [0.717, 1.165) is 76.4 Å². The number of aromatic nitrogens is 1. The van der Waals surface area contributed by atoms with Gasteiger partial charge >= 0.3 is 0 Å². The maximum Gasteiger partial charge on any atom is 0.191 e. The maximum absolute atomic E-state index is 5.66. The topological polar surface area (TPSA) is 71.0 Å². The second kappa shape index (κ2) is 14.1. The third-order valence-electron chi connectivity index (χ3n) is 6.21. The number of hydrogen-bond acceptors (Lipinski definition) is 5. The maximum atomic E-state index is 5.66. The molecule has 3 rings (SSSR count). The van der Waals surface area contributed by atoms with E-state index in [-0.39, 0.29) is 24.0 Å². The van der Waals surface area contributed by atoms with Crippen molar-refractivity contribution in [2.75, 3.05) is 57.5 Å². The van der Waals surface area contributed by atoms with E-state index in [2.05, 4.69) is 40.4 Å². The number of pyridine rings is 1. The predicted molar refractivity (Wildman–Crippen MR) is 138 cm³/mol. The quantitative estimate of drug-likeness (QED) is 0.203. The van der Waals surface area contributed by atoms with E-state index in [1.54, 1.807) is 0 Å². The Balaban J connectivity index is 0.00000341.